The number of aromatic nitrogens is 7. The average molecular weight is 1460 g/mol. The molecule has 0 aliphatic carbocycles. The number of carbonyl (C=O) groups excluding carboxylic acids is 6. The Kier molecular flexibility index (Phi) is 23.2. The largest absolute Gasteiger partial charge is 0.504 e. The van der Waals surface area contributed by atoms with Gasteiger partial charge >= 0.3 is 18.3 Å². The maximum Gasteiger partial charge on any atom is 0.416 e. The van der Waals surface area contributed by atoms with E-state index in [1.165, 1.54) is 119 Å². The number of anilines is 3. The van der Waals surface area contributed by atoms with E-state index in [2.05, 4.69) is 49.6 Å². The molecule has 3 unspecified atom stereocenters. The maximum atomic E-state index is 14.5. The third kappa shape index (κ3) is 15.2. The van der Waals surface area contributed by atoms with E-state index in [1.54, 1.807) is 82.2 Å². The summed E-state index contributed by atoms with van der Waals surface area (Å²) < 4.78 is 63.9. The minimum absolute atomic E-state index is 0.0297. The van der Waals surface area contributed by atoms with Crippen molar-refractivity contribution in [3.05, 3.63) is 212 Å². The molecule has 6 aliphatic rings. The Hall–Kier alpha value is -12.6. The Bertz CT molecular complexity index is 4430. The highest BCUT2D eigenvalue weighted by atomic mass is 16.6. The lowest BCUT2D eigenvalue weighted by Gasteiger charge is -2.40. The van der Waals surface area contributed by atoms with Crippen LogP contribution < -0.4 is 38.4 Å². The predicted molar refractivity (Wildman–Crippen MR) is 386 cm³/mol. The number of amides is 6. The van der Waals surface area contributed by atoms with E-state index in [1.807, 2.05) is 18.2 Å². The number of rotatable bonds is 21. The van der Waals surface area contributed by atoms with Crippen molar-refractivity contribution in [1.29, 1.82) is 0 Å². The average Bonchev–Trinajstić information content (AvgIpc) is 1.62. The molecule has 31 nitrogen and oxygen atoms in total. The topological polar surface area (TPSA) is 334 Å². The second kappa shape index (κ2) is 33.4. The van der Waals surface area contributed by atoms with Crippen LogP contribution in [0.1, 0.15) is 78.4 Å². The maximum absolute atomic E-state index is 14.5. The van der Waals surface area contributed by atoms with Crippen molar-refractivity contribution in [2.24, 2.45) is 0 Å². The molecular formula is C76H77N13O18. The number of nitrogens with zero attached hydrogens (tertiary/aromatic N) is 13. The lowest BCUT2D eigenvalue weighted by atomic mass is 9.94. The summed E-state index contributed by atoms with van der Waals surface area (Å²) in [6, 6.07) is 12.4. The number of hydrogen-bond donors (Lipinski definition) is 1. The molecule has 7 aromatic rings. The molecule has 6 aliphatic heterocycles. The van der Waals surface area contributed by atoms with Crippen LogP contribution >= 0.6 is 0 Å². The van der Waals surface area contributed by atoms with Gasteiger partial charge in [0.15, 0.2) is 53.2 Å². The number of aromatic hydroxyl groups is 1. The van der Waals surface area contributed by atoms with Gasteiger partial charge in [0.25, 0.3) is 17.7 Å². The highest BCUT2D eigenvalue weighted by Crippen LogP contribution is 2.47. The Morgan fingerprint density at radius 3 is 1.08 bits per heavy atom. The second-order valence-corrected chi connectivity index (χ2v) is 24.6. The summed E-state index contributed by atoms with van der Waals surface area (Å²) in [6.07, 6.45) is 20.5. The van der Waals surface area contributed by atoms with Gasteiger partial charge in [-0.15, -0.1) is 0 Å². The van der Waals surface area contributed by atoms with E-state index in [0.29, 0.717) is 30.7 Å². The molecule has 6 atom stereocenters. The predicted octanol–water partition coefficient (Wildman–Crippen LogP) is 9.27. The molecule has 0 saturated heterocycles. The summed E-state index contributed by atoms with van der Waals surface area (Å²) in [4.78, 5) is 122. The number of phenols is 1. The molecule has 0 spiro atoms. The summed E-state index contributed by atoms with van der Waals surface area (Å²) in [7, 11) is 8.68. The second-order valence-electron chi connectivity index (χ2n) is 24.6. The van der Waals surface area contributed by atoms with Gasteiger partial charge in [-0.1, -0.05) is 62.3 Å². The molecule has 0 radical (unpaired) electrons. The molecule has 1 N–H and O–H groups in total. The van der Waals surface area contributed by atoms with E-state index >= 15 is 0 Å². The first kappa shape index (κ1) is 74.1. The highest BCUT2D eigenvalue weighted by molar-refractivity contribution is 6.09. The zero-order valence-corrected chi connectivity index (χ0v) is 59.4. The number of hydrogen-bond acceptors (Lipinski definition) is 25. The first-order valence-electron chi connectivity index (χ1n) is 33.7. The Morgan fingerprint density at radius 1 is 0.458 bits per heavy atom. The van der Waals surface area contributed by atoms with E-state index < -0.39 is 55.1 Å². The molecular weight excluding hydrogens is 1380 g/mol. The Labute approximate surface area is 615 Å². The molecule has 554 valence electrons. The van der Waals surface area contributed by atoms with E-state index in [-0.39, 0.29) is 139 Å². The highest BCUT2D eigenvalue weighted by Gasteiger charge is 2.50. The third-order valence-corrected chi connectivity index (χ3v) is 18.7. The zero-order valence-electron chi connectivity index (χ0n) is 59.4. The van der Waals surface area contributed by atoms with Crippen molar-refractivity contribution in [2.75, 3.05) is 96.8 Å². The summed E-state index contributed by atoms with van der Waals surface area (Å²) in [5.41, 5.74) is 7.11. The quantitative estimate of drug-likeness (QED) is 0.0517. The summed E-state index contributed by atoms with van der Waals surface area (Å²) in [6.45, 7) is 11.3. The van der Waals surface area contributed by atoms with Gasteiger partial charge in [0.2, 0.25) is 0 Å². The number of methoxy groups -OCH3 is 6. The monoisotopic (exact) mass is 1460 g/mol. The van der Waals surface area contributed by atoms with Gasteiger partial charge in [-0.25, -0.2) is 59.0 Å². The minimum atomic E-state index is -0.997. The van der Waals surface area contributed by atoms with E-state index in [9.17, 15) is 33.9 Å². The fraction of sp³-hybridized carbons (Fsp3) is 0.303. The molecule has 107 heavy (non-hydrogen) atoms. The SMILES string of the molecule is C=CCOC(=O)N1c2cc(O)c(OC)cc2C(=O)N2CC=C(c3cncnc3)C[C@H]2C1OC.C=CCOC(=O)N1c2cc(OCc3cccc(COc4cc5c(cc4OC)C(=O)N4CC=C(c6cncnc6)C[C@H]4C(OC)N5C(=O)OCC=C)n3)c(OC)cc2C(=O)N2CC=C(c3cncnc3)C[C@H]2C1OC. The molecule has 13 rings (SSSR count). The number of phenolic OH excluding ortho intramolecular Hbond substituents is 1. The number of pyridine rings is 1. The normalized spacial score (nSPS) is 19.2. The minimum Gasteiger partial charge on any atom is -0.504 e. The number of benzene rings is 3. The molecule has 31 heteroatoms. The number of fused-ring (bicyclic) bond motifs is 6. The molecule has 6 amide bonds. The van der Waals surface area contributed by atoms with Gasteiger partial charge in [0, 0.05) is 113 Å². The number of ether oxygens (including phenoxy) is 11. The smallest absolute Gasteiger partial charge is 0.416 e. The fourth-order valence-electron chi connectivity index (χ4n) is 13.7. The van der Waals surface area contributed by atoms with Crippen LogP contribution in [0, 0.1) is 0 Å². The van der Waals surface area contributed by atoms with Crippen molar-refractivity contribution in [3.63, 3.8) is 0 Å². The van der Waals surface area contributed by atoms with Crippen LogP contribution in [0.4, 0.5) is 31.4 Å². The summed E-state index contributed by atoms with van der Waals surface area (Å²) in [5.74, 6) is -0.298. The number of carbonyl (C=O) groups is 6. The Morgan fingerprint density at radius 2 is 0.776 bits per heavy atom. The summed E-state index contributed by atoms with van der Waals surface area (Å²) in [5, 5.41) is 10.4. The first-order valence-corrected chi connectivity index (χ1v) is 33.7. The van der Waals surface area contributed by atoms with Crippen LogP contribution in [0.15, 0.2) is 167 Å². The zero-order chi connectivity index (χ0) is 75.4. The molecule has 0 fully saturated rings. The van der Waals surface area contributed by atoms with Crippen LogP contribution in [0.3, 0.4) is 0 Å². The standard InChI is InChI=1S/C53H53N9O12.C23H24N4O6/c1-7-16-71-52(65)61-40-22-46(44(67-3)20-38(40)48(63)59-14-12-32(18-42(59)50(61)69-5)34-24-54-30-55-25-34)73-28-36-10-9-11-37(58-36)29-74-47-23-41-39(21-45(47)68-4)49(64)60-15-13-33(35-26-56-31-57-27-35)19-43(60)51(70-6)62(41)53(66)72-17-8-2;1-4-7-33-23(30)27-17-10-19(28)20(31-2)9-16(17)21(29)26-6-5-14(8-18(26)22(27)32-3)15-11-24-13-25-12-15/h7-13,20-27,30-31,42-43,50-51H,1-2,14-19,28-29H2,3-6H3;4-5,9-13,18,22,28H,1,6-8H2,2-3H3/t42-,43-,50?,51?;18-,22?/m00/s1. The van der Waals surface area contributed by atoms with E-state index in [0.717, 1.165) is 33.4 Å². The van der Waals surface area contributed by atoms with Gasteiger partial charge in [-0.2, -0.15) is 0 Å². The van der Waals surface area contributed by atoms with Gasteiger partial charge in [0.05, 0.1) is 84.6 Å². The van der Waals surface area contributed by atoms with Gasteiger partial charge in [0.1, 0.15) is 52.0 Å². The van der Waals surface area contributed by atoms with Crippen molar-refractivity contribution < 1.29 is 86.0 Å². The Balaban J connectivity index is 0.000000270. The lowest BCUT2D eigenvalue weighted by Crippen LogP contribution is -2.55. The van der Waals surface area contributed by atoms with Crippen LogP contribution in [-0.4, -0.2) is 210 Å². The van der Waals surface area contributed by atoms with Crippen molar-refractivity contribution in [2.45, 2.75) is 69.3 Å². The molecule has 10 heterocycles. The van der Waals surface area contributed by atoms with Crippen LogP contribution in [0.2, 0.25) is 0 Å². The van der Waals surface area contributed by atoms with Crippen LogP contribution in [0.25, 0.3) is 16.7 Å². The molecule has 3 aromatic carbocycles. The van der Waals surface area contributed by atoms with Gasteiger partial charge in [-0.3, -0.25) is 19.4 Å². The van der Waals surface area contributed by atoms with Crippen LogP contribution in [0.5, 0.6) is 34.5 Å². The molecule has 4 aromatic heterocycles. The van der Waals surface area contributed by atoms with Gasteiger partial charge < -0.3 is 71.9 Å². The van der Waals surface area contributed by atoms with Crippen LogP contribution in [-0.2, 0) is 41.6 Å². The molecule has 0 saturated carbocycles. The van der Waals surface area contributed by atoms with E-state index in [4.69, 9.17) is 57.1 Å². The van der Waals surface area contributed by atoms with Crippen molar-refractivity contribution >= 4 is 69.8 Å². The van der Waals surface area contributed by atoms with Gasteiger partial charge in [-0.05, 0) is 66.3 Å². The van der Waals surface area contributed by atoms with Crippen molar-refractivity contribution in [3.8, 4) is 34.5 Å². The third-order valence-electron chi connectivity index (χ3n) is 18.7. The summed E-state index contributed by atoms with van der Waals surface area (Å²) >= 11 is 0. The fourth-order valence-corrected chi connectivity index (χ4v) is 13.7. The lowest BCUT2D eigenvalue weighted by molar-refractivity contribution is 0.0175. The molecule has 0 bridgehead atoms. The first-order chi connectivity index (χ1) is 52.1. The van der Waals surface area contributed by atoms with Crippen molar-refractivity contribution in [1.82, 2.24) is 49.6 Å².